The van der Waals surface area contributed by atoms with Gasteiger partial charge in [0.25, 0.3) is 0 Å². The van der Waals surface area contributed by atoms with Crippen LogP contribution in [0.25, 0.3) is 0 Å². The summed E-state index contributed by atoms with van der Waals surface area (Å²) in [6.45, 7) is 4.04. The molecule has 2 rings (SSSR count). The van der Waals surface area contributed by atoms with E-state index in [1.54, 1.807) is 0 Å². The summed E-state index contributed by atoms with van der Waals surface area (Å²) in [6, 6.07) is 0.295. The van der Waals surface area contributed by atoms with Gasteiger partial charge in [-0.1, -0.05) is 0 Å². The van der Waals surface area contributed by atoms with Crippen molar-refractivity contribution in [3.63, 3.8) is 0 Å². The smallest absolute Gasteiger partial charge is 0.225 e. The predicted molar refractivity (Wildman–Crippen MR) is 76.6 cm³/mol. The second-order valence-corrected chi connectivity index (χ2v) is 6.68. The molecule has 2 heterocycles. The van der Waals surface area contributed by atoms with Crippen molar-refractivity contribution in [2.45, 2.75) is 32.2 Å². The molecule has 0 saturated carbocycles. The molecular formula is C12H19N3OS2. The fraction of sp³-hybridized carbons (Fsp3) is 0.667. The number of amides is 1. The van der Waals surface area contributed by atoms with Crippen LogP contribution < -0.4 is 5.32 Å². The molecule has 1 aromatic rings. The maximum Gasteiger partial charge on any atom is 0.225 e. The van der Waals surface area contributed by atoms with Gasteiger partial charge in [-0.2, -0.15) is 0 Å². The fourth-order valence-electron chi connectivity index (χ4n) is 2.31. The number of hydrogen-bond donors (Lipinski definition) is 2. The number of aromatic amines is 1. The van der Waals surface area contributed by atoms with Crippen LogP contribution >= 0.6 is 23.6 Å². The summed E-state index contributed by atoms with van der Waals surface area (Å²) in [5.74, 6) is 0.101. The van der Waals surface area contributed by atoms with E-state index >= 15 is 0 Å². The molecule has 1 aliphatic rings. The van der Waals surface area contributed by atoms with Gasteiger partial charge < -0.3 is 15.2 Å². The van der Waals surface area contributed by atoms with E-state index in [1.807, 2.05) is 6.92 Å². The molecule has 1 saturated heterocycles. The minimum atomic E-state index is 0.101. The summed E-state index contributed by atoms with van der Waals surface area (Å²) in [5.41, 5.74) is 1.01. The number of piperidine rings is 1. The van der Waals surface area contributed by atoms with Crippen LogP contribution in [0, 0.1) is 10.9 Å². The fourth-order valence-corrected chi connectivity index (χ4v) is 3.60. The molecule has 0 bridgehead atoms. The summed E-state index contributed by atoms with van der Waals surface area (Å²) in [5, 5.41) is 3.11. The Morgan fingerprint density at radius 3 is 3.06 bits per heavy atom. The zero-order chi connectivity index (χ0) is 13.1. The van der Waals surface area contributed by atoms with Crippen molar-refractivity contribution in [1.29, 1.82) is 0 Å². The largest absolute Gasteiger partial charge is 0.352 e. The number of nitrogens with zero attached hydrogens (tertiary/aromatic N) is 1. The molecule has 1 aliphatic heterocycles. The van der Waals surface area contributed by atoms with Crippen LogP contribution in [0.2, 0.25) is 0 Å². The molecule has 1 fully saturated rings. The van der Waals surface area contributed by atoms with Gasteiger partial charge in [0.2, 0.25) is 5.91 Å². The van der Waals surface area contributed by atoms with E-state index < -0.39 is 0 Å². The molecule has 0 aromatic carbocycles. The number of nitrogens with one attached hydrogen (secondary N) is 2. The number of carbonyl (C=O) groups is 1. The van der Waals surface area contributed by atoms with E-state index in [9.17, 15) is 4.79 Å². The van der Waals surface area contributed by atoms with Gasteiger partial charge in [-0.05, 0) is 45.6 Å². The molecule has 1 aromatic heterocycles. The first kappa shape index (κ1) is 13.7. The summed E-state index contributed by atoms with van der Waals surface area (Å²) < 4.78 is 0.743. The molecule has 0 radical (unpaired) electrons. The average Bonchev–Trinajstić information content (AvgIpc) is 2.57. The second kappa shape index (κ2) is 5.95. The molecule has 0 aliphatic carbocycles. The van der Waals surface area contributed by atoms with Gasteiger partial charge in [0.15, 0.2) is 3.95 Å². The van der Waals surface area contributed by atoms with Crippen molar-refractivity contribution in [3.8, 4) is 0 Å². The zero-order valence-electron chi connectivity index (χ0n) is 10.8. The van der Waals surface area contributed by atoms with Crippen LogP contribution in [0.15, 0.2) is 0 Å². The normalized spacial score (nSPS) is 20.9. The van der Waals surface area contributed by atoms with Crippen LogP contribution in [0.3, 0.4) is 0 Å². The zero-order valence-corrected chi connectivity index (χ0v) is 12.4. The Kier molecular flexibility index (Phi) is 4.53. The summed E-state index contributed by atoms with van der Waals surface area (Å²) in [6.07, 6.45) is 2.67. The highest BCUT2D eigenvalue weighted by Crippen LogP contribution is 2.15. The van der Waals surface area contributed by atoms with Crippen LogP contribution in [0.1, 0.15) is 23.4 Å². The summed E-state index contributed by atoms with van der Waals surface area (Å²) in [7, 11) is 2.10. The Balaban J connectivity index is 1.88. The monoisotopic (exact) mass is 285 g/mol. The van der Waals surface area contributed by atoms with E-state index in [-0.39, 0.29) is 5.91 Å². The van der Waals surface area contributed by atoms with Gasteiger partial charge in [0, 0.05) is 23.2 Å². The van der Waals surface area contributed by atoms with Gasteiger partial charge >= 0.3 is 0 Å². The first-order chi connectivity index (χ1) is 8.54. The lowest BCUT2D eigenvalue weighted by molar-refractivity contribution is -0.121. The number of aromatic nitrogens is 1. The van der Waals surface area contributed by atoms with E-state index in [0.29, 0.717) is 12.5 Å². The molecule has 100 valence electrons. The van der Waals surface area contributed by atoms with Crippen molar-refractivity contribution in [3.05, 3.63) is 14.5 Å². The van der Waals surface area contributed by atoms with Gasteiger partial charge in [0.1, 0.15) is 0 Å². The quantitative estimate of drug-likeness (QED) is 0.834. The minimum absolute atomic E-state index is 0.101. The third-order valence-corrected chi connectivity index (χ3v) is 4.57. The minimum Gasteiger partial charge on any atom is -0.352 e. The highest BCUT2D eigenvalue weighted by molar-refractivity contribution is 7.73. The number of likely N-dealkylation sites (tertiary alicyclic amines) is 1. The van der Waals surface area contributed by atoms with Gasteiger partial charge in [-0.25, -0.2) is 0 Å². The van der Waals surface area contributed by atoms with Gasteiger partial charge in [0.05, 0.1) is 6.42 Å². The molecule has 1 amide bonds. The molecule has 0 spiro atoms. The summed E-state index contributed by atoms with van der Waals surface area (Å²) in [4.78, 5) is 18.4. The van der Waals surface area contributed by atoms with Crippen LogP contribution in [-0.2, 0) is 11.2 Å². The Hall–Kier alpha value is -0.720. The first-order valence-corrected chi connectivity index (χ1v) is 7.43. The lowest BCUT2D eigenvalue weighted by atomic mass is 10.1. The van der Waals surface area contributed by atoms with Crippen LogP contribution in [0.4, 0.5) is 0 Å². The van der Waals surface area contributed by atoms with Crippen LogP contribution in [0.5, 0.6) is 0 Å². The third kappa shape index (κ3) is 3.63. The number of H-pyrrole nitrogens is 1. The molecule has 4 nitrogen and oxygen atoms in total. The Morgan fingerprint density at radius 1 is 1.67 bits per heavy atom. The van der Waals surface area contributed by atoms with E-state index in [2.05, 4.69) is 22.2 Å². The number of aryl methyl sites for hydroxylation is 1. The van der Waals surface area contributed by atoms with Crippen molar-refractivity contribution in [1.82, 2.24) is 15.2 Å². The molecule has 1 atom stereocenters. The van der Waals surface area contributed by atoms with Crippen molar-refractivity contribution >= 4 is 29.5 Å². The molecule has 2 N–H and O–H groups in total. The summed E-state index contributed by atoms with van der Waals surface area (Å²) >= 11 is 6.57. The predicted octanol–water partition coefficient (Wildman–Crippen LogP) is 1.87. The van der Waals surface area contributed by atoms with E-state index in [0.717, 1.165) is 40.5 Å². The van der Waals surface area contributed by atoms with Gasteiger partial charge in [-0.3, -0.25) is 4.79 Å². The maximum absolute atomic E-state index is 12.0. The standard InChI is InChI=1S/C12H19N3OS2/c1-8-10(18-12(17)13-8)6-11(16)14-9-4-3-5-15(2)7-9/h9H,3-7H2,1-2H3,(H,13,17)(H,14,16). The van der Waals surface area contributed by atoms with Crippen molar-refractivity contribution in [2.75, 3.05) is 20.1 Å². The second-order valence-electron chi connectivity index (χ2n) is 4.91. The Morgan fingerprint density at radius 2 is 2.44 bits per heavy atom. The molecule has 1 unspecified atom stereocenters. The maximum atomic E-state index is 12.0. The van der Waals surface area contributed by atoms with Crippen molar-refractivity contribution in [2.24, 2.45) is 0 Å². The van der Waals surface area contributed by atoms with Crippen LogP contribution in [-0.4, -0.2) is 42.0 Å². The number of rotatable bonds is 3. The molecular weight excluding hydrogens is 266 g/mol. The average molecular weight is 285 g/mol. The lowest BCUT2D eigenvalue weighted by Gasteiger charge is -2.30. The number of likely N-dealkylation sites (N-methyl/N-ethyl adjacent to an activating group) is 1. The van der Waals surface area contributed by atoms with Gasteiger partial charge in [-0.15, -0.1) is 11.3 Å². The number of thiazole rings is 1. The lowest BCUT2D eigenvalue weighted by Crippen LogP contribution is -2.46. The molecule has 6 heteroatoms. The number of carbonyl (C=O) groups excluding carboxylic acids is 1. The first-order valence-electron chi connectivity index (χ1n) is 6.21. The highest BCUT2D eigenvalue weighted by atomic mass is 32.1. The number of hydrogen-bond acceptors (Lipinski definition) is 4. The SMILES string of the molecule is Cc1[nH]c(=S)sc1CC(=O)NC1CCCN(C)C1. The van der Waals surface area contributed by atoms with Crippen molar-refractivity contribution < 1.29 is 4.79 Å². The topological polar surface area (TPSA) is 48.1 Å². The highest BCUT2D eigenvalue weighted by Gasteiger charge is 2.19. The molecule has 18 heavy (non-hydrogen) atoms. The Labute approximate surface area is 116 Å². The Bertz CT molecular complexity index is 480. The van der Waals surface area contributed by atoms with E-state index in [1.165, 1.54) is 11.3 Å². The third-order valence-electron chi connectivity index (χ3n) is 3.23. The van der Waals surface area contributed by atoms with E-state index in [4.69, 9.17) is 12.2 Å².